The average molecular weight is 233 g/mol. The number of nitrogens with zero attached hydrogens (tertiary/aromatic N) is 1. The molecule has 2 heterocycles. The molecule has 0 radical (unpaired) electrons. The van der Waals surface area contributed by atoms with Crippen molar-refractivity contribution < 1.29 is 9.84 Å². The van der Waals surface area contributed by atoms with E-state index in [0.717, 1.165) is 24.4 Å². The standard InChI is InChI=1S/C14H19NO2/c1-10-12-9-11(16)5-6-13(12)17-14(10)15-7-3-2-4-8-15/h5-6,9-10,14,16H,2-4,7-8H2,1H3. The normalized spacial score (nSPS) is 28.8. The second-order valence-electron chi connectivity index (χ2n) is 5.12. The van der Waals surface area contributed by atoms with Crippen LogP contribution in [0.5, 0.6) is 11.5 Å². The third-order valence-electron chi connectivity index (χ3n) is 3.91. The average Bonchev–Trinajstić information content (AvgIpc) is 2.68. The number of phenols is 1. The highest BCUT2D eigenvalue weighted by molar-refractivity contribution is 5.45. The highest BCUT2D eigenvalue weighted by atomic mass is 16.5. The predicted molar refractivity (Wildman–Crippen MR) is 66.4 cm³/mol. The lowest BCUT2D eigenvalue weighted by atomic mass is 9.99. The van der Waals surface area contributed by atoms with Gasteiger partial charge in [0.05, 0.1) is 0 Å². The van der Waals surface area contributed by atoms with Crippen LogP contribution in [0.15, 0.2) is 18.2 Å². The number of aromatic hydroxyl groups is 1. The molecule has 3 rings (SSSR count). The smallest absolute Gasteiger partial charge is 0.159 e. The molecule has 0 aromatic heterocycles. The molecule has 2 aliphatic heterocycles. The van der Waals surface area contributed by atoms with Crippen LogP contribution in [0.3, 0.4) is 0 Å². The van der Waals surface area contributed by atoms with E-state index in [-0.39, 0.29) is 6.23 Å². The molecule has 1 fully saturated rings. The van der Waals surface area contributed by atoms with E-state index in [1.165, 1.54) is 19.3 Å². The summed E-state index contributed by atoms with van der Waals surface area (Å²) in [6.07, 6.45) is 4.04. The van der Waals surface area contributed by atoms with E-state index in [0.29, 0.717) is 11.7 Å². The summed E-state index contributed by atoms with van der Waals surface area (Å²) < 4.78 is 6.03. The van der Waals surface area contributed by atoms with Gasteiger partial charge in [0, 0.05) is 24.6 Å². The van der Waals surface area contributed by atoms with Crippen molar-refractivity contribution >= 4 is 0 Å². The van der Waals surface area contributed by atoms with Crippen molar-refractivity contribution in [3.63, 3.8) is 0 Å². The highest BCUT2D eigenvalue weighted by Crippen LogP contribution is 2.41. The predicted octanol–water partition coefficient (Wildman–Crippen LogP) is 2.70. The van der Waals surface area contributed by atoms with E-state index in [1.807, 2.05) is 12.1 Å². The largest absolute Gasteiger partial charge is 0.508 e. The number of hydrogen-bond donors (Lipinski definition) is 1. The number of likely N-dealkylation sites (tertiary alicyclic amines) is 1. The first kappa shape index (κ1) is 10.9. The molecule has 1 aromatic rings. The number of piperidine rings is 1. The fourth-order valence-corrected chi connectivity index (χ4v) is 2.95. The lowest BCUT2D eigenvalue weighted by Crippen LogP contribution is -2.43. The monoisotopic (exact) mass is 233 g/mol. The Hall–Kier alpha value is -1.22. The third kappa shape index (κ3) is 1.89. The summed E-state index contributed by atoms with van der Waals surface area (Å²) >= 11 is 0. The molecule has 2 unspecified atom stereocenters. The molecule has 1 aromatic carbocycles. The van der Waals surface area contributed by atoms with Gasteiger partial charge in [0.2, 0.25) is 0 Å². The molecule has 0 saturated carbocycles. The molecule has 3 heteroatoms. The van der Waals surface area contributed by atoms with Gasteiger partial charge in [-0.1, -0.05) is 13.3 Å². The molecule has 92 valence electrons. The molecule has 0 aliphatic carbocycles. The Kier molecular flexibility index (Phi) is 2.71. The molecule has 3 nitrogen and oxygen atoms in total. The Labute approximate surface area is 102 Å². The maximum Gasteiger partial charge on any atom is 0.159 e. The first-order valence-corrected chi connectivity index (χ1v) is 6.49. The van der Waals surface area contributed by atoms with Gasteiger partial charge in [-0.15, -0.1) is 0 Å². The number of fused-ring (bicyclic) bond motifs is 1. The van der Waals surface area contributed by atoms with Crippen LogP contribution in [0.1, 0.15) is 37.7 Å². The van der Waals surface area contributed by atoms with Crippen molar-refractivity contribution in [1.82, 2.24) is 4.90 Å². The minimum atomic E-state index is 0.159. The Morgan fingerprint density at radius 1 is 1.24 bits per heavy atom. The van der Waals surface area contributed by atoms with Crippen LogP contribution in [-0.4, -0.2) is 29.3 Å². The van der Waals surface area contributed by atoms with Crippen LogP contribution < -0.4 is 4.74 Å². The molecular weight excluding hydrogens is 214 g/mol. The van der Waals surface area contributed by atoms with E-state index in [1.54, 1.807) is 6.07 Å². The summed E-state index contributed by atoms with van der Waals surface area (Å²) in [5.74, 6) is 1.61. The zero-order chi connectivity index (χ0) is 11.8. The van der Waals surface area contributed by atoms with Crippen molar-refractivity contribution in [2.24, 2.45) is 0 Å². The number of rotatable bonds is 1. The van der Waals surface area contributed by atoms with Gasteiger partial charge in [-0.2, -0.15) is 0 Å². The molecule has 17 heavy (non-hydrogen) atoms. The number of phenolic OH excluding ortho intramolecular Hbond substituents is 1. The number of ether oxygens (including phenoxy) is 1. The van der Waals surface area contributed by atoms with Crippen LogP contribution in [0.2, 0.25) is 0 Å². The van der Waals surface area contributed by atoms with Crippen LogP contribution in [0.4, 0.5) is 0 Å². The zero-order valence-corrected chi connectivity index (χ0v) is 10.2. The summed E-state index contributed by atoms with van der Waals surface area (Å²) in [6.45, 7) is 4.45. The molecule has 0 bridgehead atoms. The van der Waals surface area contributed by atoms with Crippen molar-refractivity contribution in [2.45, 2.75) is 38.3 Å². The number of benzene rings is 1. The van der Waals surface area contributed by atoms with Gasteiger partial charge in [0.1, 0.15) is 11.5 Å². The summed E-state index contributed by atoms with van der Waals surface area (Å²) in [5, 5.41) is 9.54. The summed E-state index contributed by atoms with van der Waals surface area (Å²) in [7, 11) is 0. The third-order valence-corrected chi connectivity index (χ3v) is 3.91. The first-order valence-electron chi connectivity index (χ1n) is 6.49. The van der Waals surface area contributed by atoms with E-state index in [2.05, 4.69) is 11.8 Å². The molecule has 1 saturated heterocycles. The molecule has 2 aliphatic rings. The first-order chi connectivity index (χ1) is 8.25. The van der Waals surface area contributed by atoms with Gasteiger partial charge in [-0.3, -0.25) is 4.90 Å². The van der Waals surface area contributed by atoms with Crippen molar-refractivity contribution in [2.75, 3.05) is 13.1 Å². The zero-order valence-electron chi connectivity index (χ0n) is 10.2. The lowest BCUT2D eigenvalue weighted by molar-refractivity contribution is 0.0147. The van der Waals surface area contributed by atoms with Crippen molar-refractivity contribution in [1.29, 1.82) is 0 Å². The minimum absolute atomic E-state index is 0.159. The topological polar surface area (TPSA) is 32.7 Å². The maximum atomic E-state index is 9.54. The highest BCUT2D eigenvalue weighted by Gasteiger charge is 2.35. The Balaban J connectivity index is 1.82. The second kappa shape index (κ2) is 4.22. The van der Waals surface area contributed by atoms with E-state index in [4.69, 9.17) is 4.74 Å². The fraction of sp³-hybridized carbons (Fsp3) is 0.571. The van der Waals surface area contributed by atoms with Gasteiger partial charge < -0.3 is 9.84 Å². The van der Waals surface area contributed by atoms with Crippen molar-refractivity contribution in [3.05, 3.63) is 23.8 Å². The van der Waals surface area contributed by atoms with Gasteiger partial charge in [0.15, 0.2) is 6.23 Å². The maximum absolute atomic E-state index is 9.54. The van der Waals surface area contributed by atoms with E-state index in [9.17, 15) is 5.11 Å². The summed E-state index contributed by atoms with van der Waals surface area (Å²) in [4.78, 5) is 2.44. The van der Waals surface area contributed by atoms with Crippen molar-refractivity contribution in [3.8, 4) is 11.5 Å². The lowest BCUT2D eigenvalue weighted by Gasteiger charge is -2.33. The Bertz CT molecular complexity index is 413. The molecule has 0 amide bonds. The van der Waals surface area contributed by atoms with Gasteiger partial charge in [-0.25, -0.2) is 0 Å². The van der Waals surface area contributed by atoms with E-state index < -0.39 is 0 Å². The minimum Gasteiger partial charge on any atom is -0.508 e. The molecule has 1 N–H and O–H groups in total. The molecular formula is C14H19NO2. The molecule has 0 spiro atoms. The summed E-state index contributed by atoms with van der Waals surface area (Å²) in [5.41, 5.74) is 1.14. The fourth-order valence-electron chi connectivity index (χ4n) is 2.95. The molecule has 2 atom stereocenters. The van der Waals surface area contributed by atoms with Gasteiger partial charge >= 0.3 is 0 Å². The number of hydrogen-bond acceptors (Lipinski definition) is 3. The van der Waals surface area contributed by atoms with Gasteiger partial charge in [0.25, 0.3) is 0 Å². The van der Waals surface area contributed by atoms with Crippen LogP contribution in [-0.2, 0) is 0 Å². The van der Waals surface area contributed by atoms with Crippen LogP contribution >= 0.6 is 0 Å². The van der Waals surface area contributed by atoms with E-state index >= 15 is 0 Å². The van der Waals surface area contributed by atoms with Gasteiger partial charge in [-0.05, 0) is 31.0 Å². The van der Waals surface area contributed by atoms with Crippen LogP contribution in [0, 0.1) is 0 Å². The SMILES string of the molecule is CC1c2cc(O)ccc2OC1N1CCCCC1. The quantitative estimate of drug-likeness (QED) is 0.809. The summed E-state index contributed by atoms with van der Waals surface area (Å²) in [6, 6.07) is 5.42. The second-order valence-corrected chi connectivity index (χ2v) is 5.12. The Morgan fingerprint density at radius 3 is 2.76 bits per heavy atom. The Morgan fingerprint density at radius 2 is 2.00 bits per heavy atom. The van der Waals surface area contributed by atoms with Crippen LogP contribution in [0.25, 0.3) is 0 Å².